The number of anilines is 1. The fraction of sp³-hybridized carbons (Fsp3) is 0.462. The molecule has 0 aliphatic carbocycles. The zero-order chi connectivity index (χ0) is 14.3. The maximum absolute atomic E-state index is 11.7. The molecule has 106 valence electrons. The third-order valence-electron chi connectivity index (χ3n) is 2.35. The molecule has 0 fully saturated rings. The lowest BCUT2D eigenvalue weighted by Crippen LogP contribution is -2.31. The number of aliphatic hydroxyl groups excluding tert-OH is 1. The van der Waals surface area contributed by atoms with Crippen LogP contribution in [-0.2, 0) is 0 Å². The van der Waals surface area contributed by atoms with E-state index in [0.29, 0.717) is 36.0 Å². The Balaban J connectivity index is 2.61. The molecule has 5 nitrogen and oxygen atoms in total. The molecule has 1 atom stereocenters. The molecular weight excluding hydrogens is 268 g/mol. The number of aliphatic hydroxyl groups is 1. The first kappa shape index (κ1) is 15.6. The zero-order valence-electron chi connectivity index (χ0n) is 11.1. The van der Waals surface area contributed by atoms with Crippen molar-refractivity contribution in [2.75, 3.05) is 18.5 Å². The smallest absolute Gasteiger partial charge is 0.319 e. The largest absolute Gasteiger partial charge is 0.490 e. The van der Waals surface area contributed by atoms with Gasteiger partial charge < -0.3 is 20.5 Å². The van der Waals surface area contributed by atoms with Gasteiger partial charge in [-0.3, -0.25) is 0 Å². The monoisotopic (exact) mass is 286 g/mol. The van der Waals surface area contributed by atoms with Crippen LogP contribution < -0.4 is 15.4 Å². The summed E-state index contributed by atoms with van der Waals surface area (Å²) in [5, 5.41) is 14.9. The topological polar surface area (TPSA) is 70.6 Å². The molecule has 0 bridgehead atoms. The highest BCUT2D eigenvalue weighted by molar-refractivity contribution is 6.32. The van der Waals surface area contributed by atoms with Crippen LogP contribution in [0.4, 0.5) is 10.5 Å². The van der Waals surface area contributed by atoms with E-state index in [2.05, 4.69) is 10.6 Å². The number of benzene rings is 1. The van der Waals surface area contributed by atoms with Crippen molar-refractivity contribution in [2.45, 2.75) is 26.4 Å². The Morgan fingerprint density at radius 2 is 2.26 bits per heavy atom. The summed E-state index contributed by atoms with van der Waals surface area (Å²) in [6.07, 6.45) is 0.0619. The van der Waals surface area contributed by atoms with Crippen LogP contribution >= 0.6 is 11.6 Å². The van der Waals surface area contributed by atoms with Gasteiger partial charge in [0.1, 0.15) is 0 Å². The van der Waals surface area contributed by atoms with Crippen LogP contribution in [0.1, 0.15) is 20.3 Å². The molecule has 0 saturated carbocycles. The predicted octanol–water partition coefficient (Wildman–Crippen LogP) is 2.63. The minimum Gasteiger partial charge on any atom is -0.490 e. The third kappa shape index (κ3) is 5.36. The molecule has 0 aromatic heterocycles. The summed E-state index contributed by atoms with van der Waals surface area (Å²) in [4.78, 5) is 11.7. The highest BCUT2D eigenvalue weighted by Crippen LogP contribution is 2.32. The SMILES string of the molecule is CCOc1c(Cl)cccc1NC(=O)NCCC(C)O. The van der Waals surface area contributed by atoms with E-state index in [1.54, 1.807) is 25.1 Å². The predicted molar refractivity (Wildman–Crippen MR) is 75.9 cm³/mol. The lowest BCUT2D eigenvalue weighted by Gasteiger charge is -2.13. The molecule has 0 saturated heterocycles. The Hall–Kier alpha value is -1.46. The molecule has 0 spiro atoms. The Morgan fingerprint density at radius 3 is 2.89 bits per heavy atom. The molecule has 1 unspecified atom stereocenters. The van der Waals surface area contributed by atoms with Crippen molar-refractivity contribution in [3.05, 3.63) is 23.2 Å². The number of carbonyl (C=O) groups excluding carboxylic acids is 1. The number of halogens is 1. The second kappa shape index (κ2) is 7.86. The van der Waals surface area contributed by atoms with Crippen molar-refractivity contribution in [2.24, 2.45) is 0 Å². The van der Waals surface area contributed by atoms with E-state index in [1.165, 1.54) is 0 Å². The molecule has 0 radical (unpaired) electrons. The van der Waals surface area contributed by atoms with Crippen LogP contribution in [0.5, 0.6) is 5.75 Å². The number of ether oxygens (including phenoxy) is 1. The number of para-hydroxylation sites is 1. The molecule has 0 heterocycles. The second-order valence-electron chi connectivity index (χ2n) is 4.07. The van der Waals surface area contributed by atoms with Crippen molar-refractivity contribution in [1.29, 1.82) is 0 Å². The van der Waals surface area contributed by atoms with Crippen molar-refractivity contribution in [3.63, 3.8) is 0 Å². The first-order chi connectivity index (χ1) is 9.04. The van der Waals surface area contributed by atoms with Crippen molar-refractivity contribution in [3.8, 4) is 5.75 Å². The minimum absolute atomic E-state index is 0.358. The van der Waals surface area contributed by atoms with E-state index in [0.717, 1.165) is 0 Å². The normalized spacial score (nSPS) is 11.8. The molecular formula is C13H19ClN2O3. The standard InChI is InChI=1S/C13H19ClN2O3/c1-3-19-12-10(14)5-4-6-11(12)16-13(18)15-8-7-9(2)17/h4-6,9,17H,3,7-8H2,1-2H3,(H2,15,16,18). The average molecular weight is 287 g/mol. The lowest BCUT2D eigenvalue weighted by molar-refractivity contribution is 0.184. The van der Waals surface area contributed by atoms with Gasteiger partial charge in [0.15, 0.2) is 5.75 Å². The zero-order valence-corrected chi connectivity index (χ0v) is 11.8. The van der Waals surface area contributed by atoms with Crippen molar-refractivity contribution < 1.29 is 14.6 Å². The van der Waals surface area contributed by atoms with E-state index in [4.69, 9.17) is 21.4 Å². The average Bonchev–Trinajstić information content (AvgIpc) is 2.33. The molecule has 6 heteroatoms. The van der Waals surface area contributed by atoms with E-state index in [9.17, 15) is 4.79 Å². The first-order valence-electron chi connectivity index (χ1n) is 6.18. The minimum atomic E-state index is -0.439. The van der Waals surface area contributed by atoms with E-state index in [1.807, 2.05) is 6.92 Å². The van der Waals surface area contributed by atoms with Gasteiger partial charge >= 0.3 is 6.03 Å². The van der Waals surface area contributed by atoms with E-state index in [-0.39, 0.29) is 6.03 Å². The molecule has 1 aromatic rings. The number of urea groups is 1. The van der Waals surface area contributed by atoms with Gasteiger partial charge in [-0.05, 0) is 32.4 Å². The quantitative estimate of drug-likeness (QED) is 0.753. The van der Waals surface area contributed by atoms with Crippen molar-refractivity contribution >= 4 is 23.3 Å². The van der Waals surface area contributed by atoms with Gasteiger partial charge in [0, 0.05) is 6.54 Å². The number of nitrogens with one attached hydrogen (secondary N) is 2. The molecule has 1 aromatic carbocycles. The number of amides is 2. The summed E-state index contributed by atoms with van der Waals surface area (Å²) in [7, 11) is 0. The van der Waals surface area contributed by atoms with Crippen LogP contribution in [0, 0.1) is 0 Å². The Kier molecular flexibility index (Phi) is 6.45. The molecule has 3 N–H and O–H groups in total. The number of hydrogen-bond donors (Lipinski definition) is 3. The van der Waals surface area contributed by atoms with E-state index < -0.39 is 6.10 Å². The van der Waals surface area contributed by atoms with Crippen LogP contribution in [0.3, 0.4) is 0 Å². The fourth-order valence-corrected chi connectivity index (χ4v) is 1.69. The van der Waals surface area contributed by atoms with Crippen LogP contribution in [0.25, 0.3) is 0 Å². The molecule has 19 heavy (non-hydrogen) atoms. The Labute approximate surface area is 117 Å². The first-order valence-corrected chi connectivity index (χ1v) is 6.56. The Bertz CT molecular complexity index is 424. The summed E-state index contributed by atoms with van der Waals surface area (Å²) >= 11 is 6.01. The van der Waals surface area contributed by atoms with Gasteiger partial charge in [-0.25, -0.2) is 4.79 Å². The van der Waals surface area contributed by atoms with Crippen molar-refractivity contribution in [1.82, 2.24) is 5.32 Å². The molecule has 2 amide bonds. The Morgan fingerprint density at radius 1 is 1.53 bits per heavy atom. The number of rotatable bonds is 6. The summed E-state index contributed by atoms with van der Waals surface area (Å²) in [5.41, 5.74) is 0.517. The van der Waals surface area contributed by atoms with Gasteiger partial charge in [-0.2, -0.15) is 0 Å². The summed E-state index contributed by atoms with van der Waals surface area (Å²) in [6, 6.07) is 4.79. The summed E-state index contributed by atoms with van der Waals surface area (Å²) in [5.74, 6) is 0.456. The molecule has 0 aliphatic heterocycles. The summed E-state index contributed by atoms with van der Waals surface area (Å²) < 4.78 is 5.40. The highest BCUT2D eigenvalue weighted by Gasteiger charge is 2.10. The van der Waals surface area contributed by atoms with Crippen LogP contribution in [0.2, 0.25) is 5.02 Å². The van der Waals surface area contributed by atoms with Gasteiger partial charge in [0.05, 0.1) is 23.4 Å². The molecule has 0 aliphatic rings. The van der Waals surface area contributed by atoms with Gasteiger partial charge in [0.25, 0.3) is 0 Å². The van der Waals surface area contributed by atoms with Crippen LogP contribution in [-0.4, -0.2) is 30.4 Å². The maximum Gasteiger partial charge on any atom is 0.319 e. The molecule has 1 rings (SSSR count). The third-order valence-corrected chi connectivity index (χ3v) is 2.65. The van der Waals surface area contributed by atoms with Gasteiger partial charge in [0.2, 0.25) is 0 Å². The van der Waals surface area contributed by atoms with Crippen LogP contribution in [0.15, 0.2) is 18.2 Å². The second-order valence-corrected chi connectivity index (χ2v) is 4.48. The number of hydrogen-bond acceptors (Lipinski definition) is 3. The van der Waals surface area contributed by atoms with Gasteiger partial charge in [-0.1, -0.05) is 17.7 Å². The highest BCUT2D eigenvalue weighted by atomic mass is 35.5. The summed E-state index contributed by atoms with van der Waals surface area (Å²) in [6.45, 7) is 4.37. The lowest BCUT2D eigenvalue weighted by atomic mass is 10.3. The number of carbonyl (C=O) groups is 1. The maximum atomic E-state index is 11.7. The fourth-order valence-electron chi connectivity index (χ4n) is 1.46. The van der Waals surface area contributed by atoms with Gasteiger partial charge in [-0.15, -0.1) is 0 Å². The van der Waals surface area contributed by atoms with E-state index >= 15 is 0 Å².